The van der Waals surface area contributed by atoms with Crippen LogP contribution in [0.25, 0.3) is 11.1 Å². The maximum Gasteiger partial charge on any atom is 0.299 e. The van der Waals surface area contributed by atoms with Gasteiger partial charge in [-0.05, 0) is 78.9 Å². The first kappa shape index (κ1) is 22.9. The summed E-state index contributed by atoms with van der Waals surface area (Å²) < 4.78 is 12.1. The molecule has 2 saturated heterocycles. The molecule has 1 aromatic heterocycles. The van der Waals surface area contributed by atoms with E-state index in [4.69, 9.17) is 19.9 Å². The van der Waals surface area contributed by atoms with Gasteiger partial charge >= 0.3 is 0 Å². The van der Waals surface area contributed by atoms with Gasteiger partial charge in [0.2, 0.25) is 5.91 Å². The minimum atomic E-state index is -0.851. The lowest BCUT2D eigenvalue weighted by atomic mass is 9.77. The molecule has 0 spiro atoms. The standard InChI is InChI=1S/C25H38N4O3/c1-16(2)31-20-11-12-21-22(15-20)32-24(27-21)28-14-7-6-13-25(28,23(26)30)19(5)29-17(3)9-8-10-18(29)4/h11-12,15-19H,6-10,13-14H2,1-5H3,(H2,26,30)/t17-,18+,19?,25?. The summed E-state index contributed by atoms with van der Waals surface area (Å²) in [6.07, 6.45) is 6.25. The monoisotopic (exact) mass is 442 g/mol. The van der Waals surface area contributed by atoms with Crippen LogP contribution in [-0.4, -0.2) is 52.1 Å². The number of nitrogens with zero attached hydrogens (tertiary/aromatic N) is 3. The Kier molecular flexibility index (Phi) is 6.39. The molecule has 2 fully saturated rings. The lowest BCUT2D eigenvalue weighted by Crippen LogP contribution is -2.71. The molecule has 7 nitrogen and oxygen atoms in total. The second-order valence-corrected chi connectivity index (χ2v) is 9.94. The van der Waals surface area contributed by atoms with Crippen molar-refractivity contribution in [2.75, 3.05) is 11.4 Å². The number of hydrogen-bond donors (Lipinski definition) is 1. The van der Waals surface area contributed by atoms with Crippen LogP contribution in [-0.2, 0) is 4.79 Å². The summed E-state index contributed by atoms with van der Waals surface area (Å²) in [7, 11) is 0. The Hall–Kier alpha value is -2.28. The van der Waals surface area contributed by atoms with Crippen LogP contribution in [0.5, 0.6) is 5.75 Å². The molecular weight excluding hydrogens is 404 g/mol. The van der Waals surface area contributed by atoms with E-state index in [9.17, 15) is 4.79 Å². The molecule has 2 N–H and O–H groups in total. The first-order chi connectivity index (χ1) is 15.2. The molecule has 1 aromatic carbocycles. The maximum atomic E-state index is 13.2. The second kappa shape index (κ2) is 8.93. The molecule has 2 aromatic rings. The van der Waals surface area contributed by atoms with Gasteiger partial charge in [0.1, 0.15) is 16.8 Å². The normalized spacial score (nSPS) is 28.2. The summed E-state index contributed by atoms with van der Waals surface area (Å²) >= 11 is 0. The number of piperidine rings is 2. The summed E-state index contributed by atoms with van der Waals surface area (Å²) in [6, 6.07) is 6.95. The minimum Gasteiger partial charge on any atom is -0.491 e. The SMILES string of the molecule is CC(C)Oc1ccc2nc(N3CCCCC3(C(N)=O)C(C)N3[C@H](C)CCC[C@@H]3C)oc2c1. The van der Waals surface area contributed by atoms with E-state index < -0.39 is 5.54 Å². The molecule has 0 saturated carbocycles. The van der Waals surface area contributed by atoms with E-state index >= 15 is 0 Å². The Labute approximate surface area is 191 Å². The first-order valence-corrected chi connectivity index (χ1v) is 12.2. The molecule has 2 aliphatic rings. The molecule has 2 unspecified atom stereocenters. The molecule has 4 atom stereocenters. The summed E-state index contributed by atoms with van der Waals surface area (Å²) in [6.45, 7) is 11.4. The number of oxazole rings is 1. The van der Waals surface area contributed by atoms with E-state index in [-0.39, 0.29) is 18.1 Å². The Morgan fingerprint density at radius 2 is 1.91 bits per heavy atom. The predicted octanol–water partition coefficient (Wildman–Crippen LogP) is 4.48. The average Bonchev–Trinajstić information content (AvgIpc) is 3.16. The number of amides is 1. The van der Waals surface area contributed by atoms with Crippen LogP contribution >= 0.6 is 0 Å². The van der Waals surface area contributed by atoms with Crippen molar-refractivity contribution in [1.82, 2.24) is 9.88 Å². The fraction of sp³-hybridized carbons (Fsp3) is 0.680. The van der Waals surface area contributed by atoms with Crippen LogP contribution in [0.2, 0.25) is 0 Å². The predicted molar refractivity (Wildman–Crippen MR) is 127 cm³/mol. The Morgan fingerprint density at radius 3 is 2.56 bits per heavy atom. The molecule has 0 aliphatic carbocycles. The molecule has 176 valence electrons. The van der Waals surface area contributed by atoms with Gasteiger partial charge in [0.15, 0.2) is 5.58 Å². The Bertz CT molecular complexity index is 948. The lowest BCUT2D eigenvalue weighted by molar-refractivity contribution is -0.128. The summed E-state index contributed by atoms with van der Waals surface area (Å²) in [5.41, 5.74) is 6.77. The topological polar surface area (TPSA) is 84.8 Å². The molecule has 3 heterocycles. The van der Waals surface area contributed by atoms with Crippen molar-refractivity contribution in [2.45, 2.75) is 103 Å². The number of rotatable bonds is 6. The Morgan fingerprint density at radius 1 is 1.19 bits per heavy atom. The van der Waals surface area contributed by atoms with Crippen molar-refractivity contribution in [1.29, 1.82) is 0 Å². The molecule has 7 heteroatoms. The number of aromatic nitrogens is 1. The number of ether oxygens (including phenoxy) is 1. The van der Waals surface area contributed by atoms with Crippen LogP contribution in [0.3, 0.4) is 0 Å². The zero-order valence-corrected chi connectivity index (χ0v) is 20.1. The number of hydrogen-bond acceptors (Lipinski definition) is 6. The highest BCUT2D eigenvalue weighted by molar-refractivity contribution is 5.90. The van der Waals surface area contributed by atoms with Crippen molar-refractivity contribution in [2.24, 2.45) is 5.73 Å². The molecule has 0 bridgehead atoms. The summed E-state index contributed by atoms with van der Waals surface area (Å²) in [4.78, 5) is 22.5. The zero-order chi connectivity index (χ0) is 23.0. The molecule has 4 rings (SSSR count). The van der Waals surface area contributed by atoms with Gasteiger partial charge in [-0.2, -0.15) is 4.98 Å². The molecule has 0 radical (unpaired) electrons. The van der Waals surface area contributed by atoms with Crippen molar-refractivity contribution >= 4 is 23.0 Å². The third-order valence-electron chi connectivity index (χ3n) is 7.45. The highest BCUT2D eigenvalue weighted by atomic mass is 16.5. The number of primary amides is 1. The van der Waals surface area contributed by atoms with Gasteiger partial charge in [0.25, 0.3) is 6.01 Å². The van der Waals surface area contributed by atoms with E-state index in [2.05, 4.69) is 30.6 Å². The average molecular weight is 443 g/mol. The van der Waals surface area contributed by atoms with E-state index in [0.29, 0.717) is 36.6 Å². The van der Waals surface area contributed by atoms with Crippen LogP contribution in [0.4, 0.5) is 6.01 Å². The molecular formula is C25H38N4O3. The van der Waals surface area contributed by atoms with Gasteiger partial charge in [-0.1, -0.05) is 6.42 Å². The van der Waals surface area contributed by atoms with Crippen LogP contribution in [0, 0.1) is 0 Å². The number of fused-ring (bicyclic) bond motifs is 1. The third-order valence-corrected chi connectivity index (χ3v) is 7.45. The van der Waals surface area contributed by atoms with Crippen molar-refractivity contribution in [3.05, 3.63) is 18.2 Å². The number of anilines is 1. The molecule has 2 aliphatic heterocycles. The van der Waals surface area contributed by atoms with Crippen molar-refractivity contribution in [3.8, 4) is 5.75 Å². The largest absolute Gasteiger partial charge is 0.491 e. The quantitative estimate of drug-likeness (QED) is 0.710. The third kappa shape index (κ3) is 3.96. The molecule has 32 heavy (non-hydrogen) atoms. The van der Waals surface area contributed by atoms with Gasteiger partial charge in [-0.3, -0.25) is 9.69 Å². The number of benzene rings is 1. The number of nitrogens with two attached hydrogens (primary N) is 1. The smallest absolute Gasteiger partial charge is 0.299 e. The van der Waals surface area contributed by atoms with Crippen LogP contribution in [0.1, 0.15) is 73.1 Å². The van der Waals surface area contributed by atoms with Gasteiger partial charge < -0.3 is 19.8 Å². The highest BCUT2D eigenvalue weighted by Crippen LogP contribution is 2.41. The Balaban J connectivity index is 1.74. The highest BCUT2D eigenvalue weighted by Gasteiger charge is 2.53. The van der Waals surface area contributed by atoms with E-state index in [1.54, 1.807) is 0 Å². The van der Waals surface area contributed by atoms with Crippen molar-refractivity contribution in [3.63, 3.8) is 0 Å². The van der Waals surface area contributed by atoms with Crippen LogP contribution in [0.15, 0.2) is 22.6 Å². The summed E-state index contributed by atoms with van der Waals surface area (Å²) in [5.74, 6) is 0.458. The van der Waals surface area contributed by atoms with Gasteiger partial charge in [0.05, 0.1) is 6.10 Å². The van der Waals surface area contributed by atoms with Gasteiger partial charge in [-0.15, -0.1) is 0 Å². The minimum absolute atomic E-state index is 0.0413. The fourth-order valence-electron chi connectivity index (χ4n) is 5.97. The van der Waals surface area contributed by atoms with E-state index in [1.165, 1.54) is 6.42 Å². The number of carbonyl (C=O) groups excluding carboxylic acids is 1. The zero-order valence-electron chi connectivity index (χ0n) is 20.1. The number of carbonyl (C=O) groups is 1. The van der Waals surface area contributed by atoms with Gasteiger partial charge in [-0.25, -0.2) is 0 Å². The fourth-order valence-corrected chi connectivity index (χ4v) is 5.97. The second-order valence-electron chi connectivity index (χ2n) is 9.94. The maximum absolute atomic E-state index is 13.2. The first-order valence-electron chi connectivity index (χ1n) is 12.2. The van der Waals surface area contributed by atoms with Crippen molar-refractivity contribution < 1.29 is 13.9 Å². The van der Waals surface area contributed by atoms with Gasteiger partial charge in [0, 0.05) is 30.7 Å². The van der Waals surface area contributed by atoms with Crippen LogP contribution < -0.4 is 15.4 Å². The lowest BCUT2D eigenvalue weighted by Gasteiger charge is -2.54. The van der Waals surface area contributed by atoms with E-state index in [0.717, 1.165) is 36.9 Å². The number of likely N-dealkylation sites (tertiary alicyclic amines) is 1. The molecule has 1 amide bonds. The summed E-state index contributed by atoms with van der Waals surface area (Å²) in [5, 5.41) is 0. The van der Waals surface area contributed by atoms with E-state index in [1.807, 2.05) is 32.0 Å².